The highest BCUT2D eigenvalue weighted by molar-refractivity contribution is 5.97. The van der Waals surface area contributed by atoms with E-state index in [-0.39, 0.29) is 18.7 Å². The molecule has 126 valence electrons. The summed E-state index contributed by atoms with van der Waals surface area (Å²) in [6.45, 7) is 0.110. The zero-order chi connectivity index (χ0) is 17.5. The fraction of sp³-hybridized carbons (Fsp3) is 0.176. The zero-order valence-electron chi connectivity index (χ0n) is 13.1. The molecule has 0 bridgehead atoms. The second kappa shape index (κ2) is 8.07. The molecule has 2 rings (SSSR count). The third-order valence-electron chi connectivity index (χ3n) is 3.42. The molecule has 0 saturated heterocycles. The molecule has 0 spiro atoms. The highest BCUT2D eigenvalue weighted by Gasteiger charge is 2.12. The first-order chi connectivity index (χ1) is 11.5. The van der Waals surface area contributed by atoms with Gasteiger partial charge in [-0.05, 0) is 29.3 Å². The predicted molar refractivity (Wildman–Crippen MR) is 88.0 cm³/mol. The number of urea groups is 1. The van der Waals surface area contributed by atoms with Crippen LogP contribution < -0.4 is 16.0 Å². The van der Waals surface area contributed by atoms with Gasteiger partial charge in [0.1, 0.15) is 5.82 Å². The molecular weight excluding hydrogens is 313 g/mol. The molecule has 0 unspecified atom stereocenters. The van der Waals surface area contributed by atoms with Gasteiger partial charge < -0.3 is 21.1 Å². The van der Waals surface area contributed by atoms with Crippen molar-refractivity contribution in [3.63, 3.8) is 0 Å². The van der Waals surface area contributed by atoms with Crippen LogP contribution in [-0.2, 0) is 13.2 Å². The Labute approximate surface area is 138 Å². The fourth-order valence-electron chi connectivity index (χ4n) is 2.15. The van der Waals surface area contributed by atoms with E-state index in [1.165, 1.54) is 19.2 Å². The molecule has 0 saturated carbocycles. The summed E-state index contributed by atoms with van der Waals surface area (Å²) in [5.74, 6) is -1.24. The summed E-state index contributed by atoms with van der Waals surface area (Å²) < 4.78 is 13.6. The molecule has 2 aromatic carbocycles. The molecule has 0 radical (unpaired) electrons. The van der Waals surface area contributed by atoms with Gasteiger partial charge in [0.25, 0.3) is 5.91 Å². The number of nitrogens with one attached hydrogen (secondary N) is 3. The molecule has 7 heteroatoms. The average molecular weight is 331 g/mol. The van der Waals surface area contributed by atoms with Crippen molar-refractivity contribution >= 4 is 17.6 Å². The van der Waals surface area contributed by atoms with Crippen LogP contribution in [0, 0.1) is 5.82 Å². The number of aliphatic hydroxyl groups is 1. The van der Waals surface area contributed by atoms with Crippen LogP contribution in [0.5, 0.6) is 0 Å². The number of carbonyl (C=O) groups is 2. The minimum atomic E-state index is -0.669. The number of halogens is 1. The van der Waals surface area contributed by atoms with E-state index in [0.717, 1.165) is 17.2 Å². The predicted octanol–water partition coefficient (Wildman–Crippen LogP) is 2.00. The van der Waals surface area contributed by atoms with Crippen LogP contribution in [0.25, 0.3) is 0 Å². The summed E-state index contributed by atoms with van der Waals surface area (Å²) in [6.07, 6.45) is 0. The zero-order valence-corrected chi connectivity index (χ0v) is 13.1. The number of rotatable bonds is 5. The largest absolute Gasteiger partial charge is 0.392 e. The van der Waals surface area contributed by atoms with Crippen molar-refractivity contribution in [3.05, 3.63) is 65.0 Å². The molecule has 6 nitrogen and oxygen atoms in total. The van der Waals surface area contributed by atoms with Gasteiger partial charge in [0.2, 0.25) is 0 Å². The lowest BCUT2D eigenvalue weighted by Crippen LogP contribution is -2.29. The van der Waals surface area contributed by atoms with Crippen LogP contribution in [0.15, 0.2) is 42.5 Å². The van der Waals surface area contributed by atoms with Crippen molar-refractivity contribution < 1.29 is 19.1 Å². The maximum atomic E-state index is 13.6. The van der Waals surface area contributed by atoms with Gasteiger partial charge in [0.05, 0.1) is 12.2 Å². The normalized spacial score (nSPS) is 10.1. The van der Waals surface area contributed by atoms with E-state index in [4.69, 9.17) is 0 Å². The third kappa shape index (κ3) is 4.30. The highest BCUT2D eigenvalue weighted by Crippen LogP contribution is 2.15. The van der Waals surface area contributed by atoms with E-state index < -0.39 is 17.8 Å². The maximum Gasteiger partial charge on any atom is 0.319 e. The number of anilines is 1. The van der Waals surface area contributed by atoms with Gasteiger partial charge in [0.15, 0.2) is 0 Å². The Kier molecular flexibility index (Phi) is 5.86. The van der Waals surface area contributed by atoms with Crippen molar-refractivity contribution in [1.82, 2.24) is 10.6 Å². The van der Waals surface area contributed by atoms with Gasteiger partial charge in [-0.2, -0.15) is 0 Å². The van der Waals surface area contributed by atoms with Crippen LogP contribution in [0.4, 0.5) is 14.9 Å². The summed E-state index contributed by atoms with van der Waals surface area (Å²) in [5.41, 5.74) is 1.66. The lowest BCUT2D eigenvalue weighted by molar-refractivity contribution is 0.0959. The number of amides is 3. The van der Waals surface area contributed by atoms with Crippen molar-refractivity contribution in [2.75, 3.05) is 12.4 Å². The number of aliphatic hydroxyl groups excluding tert-OH is 1. The lowest BCUT2D eigenvalue weighted by atomic mass is 10.1. The summed E-state index contributed by atoms with van der Waals surface area (Å²) in [7, 11) is 1.40. The molecule has 0 aliphatic rings. The Morgan fingerprint density at radius 2 is 1.83 bits per heavy atom. The summed E-state index contributed by atoms with van der Waals surface area (Å²) in [5, 5.41) is 16.8. The van der Waals surface area contributed by atoms with Gasteiger partial charge >= 0.3 is 6.03 Å². The summed E-state index contributed by atoms with van der Waals surface area (Å²) in [4.78, 5) is 23.5. The Morgan fingerprint density at radius 3 is 2.50 bits per heavy atom. The van der Waals surface area contributed by atoms with Gasteiger partial charge in [-0.15, -0.1) is 0 Å². The van der Waals surface area contributed by atoms with Crippen LogP contribution in [-0.4, -0.2) is 24.1 Å². The van der Waals surface area contributed by atoms with Crippen LogP contribution in [0.2, 0.25) is 0 Å². The van der Waals surface area contributed by atoms with E-state index in [0.29, 0.717) is 5.69 Å². The first-order valence-corrected chi connectivity index (χ1v) is 7.29. The number of carbonyl (C=O) groups excluding carboxylic acids is 2. The molecule has 0 heterocycles. The second-order valence-corrected chi connectivity index (χ2v) is 5.01. The van der Waals surface area contributed by atoms with Crippen molar-refractivity contribution in [3.8, 4) is 0 Å². The minimum Gasteiger partial charge on any atom is -0.392 e. The number of hydrogen-bond donors (Lipinski definition) is 4. The second-order valence-electron chi connectivity index (χ2n) is 5.01. The summed E-state index contributed by atoms with van der Waals surface area (Å²) in [6, 6.07) is 10.4. The molecule has 0 aliphatic carbocycles. The fourth-order valence-corrected chi connectivity index (χ4v) is 2.15. The SMILES string of the molecule is CNC(=O)c1cc(NC(=O)NCc2ccccc2CO)ccc1F. The van der Waals surface area contributed by atoms with Crippen LogP contribution >= 0.6 is 0 Å². The van der Waals surface area contributed by atoms with Gasteiger partial charge in [-0.25, -0.2) is 9.18 Å². The van der Waals surface area contributed by atoms with Crippen molar-refractivity contribution in [2.24, 2.45) is 0 Å². The molecule has 2 aromatic rings. The minimum absolute atomic E-state index is 0.118. The first kappa shape index (κ1) is 17.4. The third-order valence-corrected chi connectivity index (χ3v) is 3.42. The van der Waals surface area contributed by atoms with Gasteiger partial charge in [-0.1, -0.05) is 24.3 Å². The molecule has 4 N–H and O–H groups in total. The van der Waals surface area contributed by atoms with Crippen LogP contribution in [0.3, 0.4) is 0 Å². The lowest BCUT2D eigenvalue weighted by Gasteiger charge is -2.11. The van der Waals surface area contributed by atoms with E-state index in [1.807, 2.05) is 6.07 Å². The Morgan fingerprint density at radius 1 is 1.12 bits per heavy atom. The highest BCUT2D eigenvalue weighted by atomic mass is 19.1. The molecule has 0 aliphatic heterocycles. The monoisotopic (exact) mass is 331 g/mol. The molecule has 0 fully saturated rings. The van der Waals surface area contributed by atoms with Crippen molar-refractivity contribution in [2.45, 2.75) is 13.2 Å². The van der Waals surface area contributed by atoms with E-state index in [1.54, 1.807) is 18.2 Å². The molecule has 24 heavy (non-hydrogen) atoms. The number of benzene rings is 2. The van der Waals surface area contributed by atoms with Crippen LogP contribution in [0.1, 0.15) is 21.5 Å². The Balaban J connectivity index is 2.01. The Bertz CT molecular complexity index is 750. The number of hydrogen-bond acceptors (Lipinski definition) is 3. The van der Waals surface area contributed by atoms with Crippen molar-refractivity contribution in [1.29, 1.82) is 0 Å². The molecule has 3 amide bonds. The van der Waals surface area contributed by atoms with E-state index in [9.17, 15) is 19.1 Å². The van der Waals surface area contributed by atoms with Gasteiger partial charge in [0, 0.05) is 19.3 Å². The Hall–Kier alpha value is -2.93. The molecule has 0 aromatic heterocycles. The van der Waals surface area contributed by atoms with Gasteiger partial charge in [-0.3, -0.25) is 4.79 Å². The molecule has 0 atom stereocenters. The van der Waals surface area contributed by atoms with E-state index >= 15 is 0 Å². The maximum absolute atomic E-state index is 13.6. The first-order valence-electron chi connectivity index (χ1n) is 7.29. The quantitative estimate of drug-likeness (QED) is 0.675. The molecular formula is C17H18FN3O3. The average Bonchev–Trinajstić information content (AvgIpc) is 2.61. The summed E-state index contributed by atoms with van der Waals surface area (Å²) >= 11 is 0. The standard InChI is InChI=1S/C17H18FN3O3/c1-19-16(23)14-8-13(6-7-15(14)18)21-17(24)20-9-11-4-2-3-5-12(11)10-22/h2-8,22H,9-10H2,1H3,(H,19,23)(H2,20,21,24). The topological polar surface area (TPSA) is 90.5 Å². The smallest absolute Gasteiger partial charge is 0.319 e. The van der Waals surface area contributed by atoms with E-state index in [2.05, 4.69) is 16.0 Å².